The molecule has 0 aromatic heterocycles. The van der Waals surface area contributed by atoms with Crippen LogP contribution in [0.25, 0.3) is 0 Å². The largest absolute Gasteiger partial charge is 0.602 e. The molecule has 1 heterocycles. The first-order valence-corrected chi connectivity index (χ1v) is 4.93. The molecule has 0 aliphatic carbocycles. The number of quaternary nitrogens is 1. The highest BCUT2D eigenvalue weighted by Crippen LogP contribution is 2.19. The molecular weight excluding hydrogens is 208 g/mol. The van der Waals surface area contributed by atoms with E-state index in [9.17, 15) is 10.0 Å². The highest BCUT2D eigenvalue weighted by atomic mass is 35.5. The van der Waals surface area contributed by atoms with Gasteiger partial charge >= 0.3 is 5.37 Å². The van der Waals surface area contributed by atoms with Crippen molar-refractivity contribution in [3.05, 3.63) is 5.21 Å². The van der Waals surface area contributed by atoms with Crippen LogP contribution >= 0.6 is 11.6 Å². The fourth-order valence-corrected chi connectivity index (χ4v) is 1.29. The van der Waals surface area contributed by atoms with E-state index in [4.69, 9.17) is 11.6 Å². The van der Waals surface area contributed by atoms with E-state index in [0.717, 1.165) is 24.3 Å². The molecule has 0 fully saturated rings. The molecule has 1 amide bonds. The Kier molecular flexibility index (Phi) is 3.79. The SMILES string of the molecule is CCCCC[N+]1([O-])CN(C(=O)Cl)N=N1. The van der Waals surface area contributed by atoms with Gasteiger partial charge in [-0.1, -0.05) is 13.3 Å². The van der Waals surface area contributed by atoms with E-state index in [1.165, 1.54) is 0 Å². The summed E-state index contributed by atoms with van der Waals surface area (Å²) in [5, 5.41) is 18.7. The third-order valence-corrected chi connectivity index (χ3v) is 2.18. The van der Waals surface area contributed by atoms with Gasteiger partial charge in [0.15, 0.2) is 0 Å². The van der Waals surface area contributed by atoms with Gasteiger partial charge in [-0.05, 0) is 29.7 Å². The number of carbonyl (C=O) groups is 1. The lowest BCUT2D eigenvalue weighted by atomic mass is 10.2. The minimum atomic E-state index is -0.821. The van der Waals surface area contributed by atoms with E-state index in [1.807, 2.05) is 0 Å². The van der Waals surface area contributed by atoms with E-state index < -0.39 is 10.1 Å². The molecule has 0 N–H and O–H groups in total. The van der Waals surface area contributed by atoms with Crippen molar-refractivity contribution < 1.29 is 9.55 Å². The molecule has 1 aliphatic heterocycles. The standard InChI is InChI=1S/C7H13ClN4O2/c1-2-3-4-5-12(14)6-11(7(8)13)9-10-12/h2-6H2,1H3. The molecular formula is C7H13ClN4O2. The van der Waals surface area contributed by atoms with Crippen molar-refractivity contribution in [1.29, 1.82) is 0 Å². The Hall–Kier alpha value is -0.720. The van der Waals surface area contributed by atoms with E-state index in [2.05, 4.69) is 17.4 Å². The average Bonchev–Trinajstić information content (AvgIpc) is 2.49. The molecule has 1 unspecified atom stereocenters. The monoisotopic (exact) mass is 220 g/mol. The van der Waals surface area contributed by atoms with Crippen LogP contribution in [-0.4, -0.2) is 28.3 Å². The lowest BCUT2D eigenvalue weighted by Crippen LogP contribution is -2.40. The van der Waals surface area contributed by atoms with Crippen LogP contribution in [0.1, 0.15) is 26.2 Å². The molecule has 1 rings (SSSR count). The number of hydrogen-bond acceptors (Lipinski definition) is 4. The van der Waals surface area contributed by atoms with Crippen LogP contribution in [-0.2, 0) is 0 Å². The van der Waals surface area contributed by atoms with Gasteiger partial charge in [-0.15, -0.1) is 5.01 Å². The number of halogens is 1. The Morgan fingerprint density at radius 2 is 2.36 bits per heavy atom. The van der Waals surface area contributed by atoms with Crippen molar-refractivity contribution in [2.24, 2.45) is 10.4 Å². The predicted octanol–water partition coefficient (Wildman–Crippen LogP) is 2.41. The first-order chi connectivity index (χ1) is 6.57. The maximum absolute atomic E-state index is 11.7. The summed E-state index contributed by atoms with van der Waals surface area (Å²) in [6.07, 6.45) is 2.80. The number of unbranched alkanes of at least 4 members (excludes halogenated alkanes) is 2. The Morgan fingerprint density at radius 1 is 1.64 bits per heavy atom. The molecule has 80 valence electrons. The summed E-state index contributed by atoms with van der Waals surface area (Å²) in [6.45, 7) is 2.29. The average molecular weight is 221 g/mol. The van der Waals surface area contributed by atoms with Gasteiger partial charge in [0.2, 0.25) is 6.67 Å². The van der Waals surface area contributed by atoms with Crippen LogP contribution in [0.3, 0.4) is 0 Å². The van der Waals surface area contributed by atoms with E-state index in [-0.39, 0.29) is 6.67 Å². The Bertz CT molecular complexity index is 248. The van der Waals surface area contributed by atoms with Gasteiger partial charge < -0.3 is 5.21 Å². The molecule has 7 heteroatoms. The summed E-state index contributed by atoms with van der Waals surface area (Å²) >= 11 is 5.16. The summed E-state index contributed by atoms with van der Waals surface area (Å²) in [6, 6.07) is 0. The van der Waals surface area contributed by atoms with Gasteiger partial charge in [-0.25, -0.2) is 0 Å². The Balaban J connectivity index is 2.39. The minimum absolute atomic E-state index is 0.105. The van der Waals surface area contributed by atoms with Crippen LogP contribution in [0.5, 0.6) is 0 Å². The van der Waals surface area contributed by atoms with E-state index >= 15 is 0 Å². The van der Waals surface area contributed by atoms with Crippen LogP contribution in [0.2, 0.25) is 0 Å². The van der Waals surface area contributed by atoms with Crippen LogP contribution in [0, 0.1) is 5.21 Å². The molecule has 0 aromatic rings. The van der Waals surface area contributed by atoms with Crippen molar-refractivity contribution in [3.63, 3.8) is 0 Å². The number of nitrogens with zero attached hydrogens (tertiary/aromatic N) is 4. The van der Waals surface area contributed by atoms with Crippen LogP contribution < -0.4 is 0 Å². The van der Waals surface area contributed by atoms with Gasteiger partial charge in [0.05, 0.1) is 5.22 Å². The van der Waals surface area contributed by atoms with Crippen molar-refractivity contribution in [2.45, 2.75) is 26.2 Å². The zero-order valence-electron chi connectivity index (χ0n) is 8.02. The molecule has 14 heavy (non-hydrogen) atoms. The molecule has 1 aliphatic rings. The zero-order chi connectivity index (χ0) is 10.6. The van der Waals surface area contributed by atoms with Crippen molar-refractivity contribution >= 4 is 17.0 Å². The number of amides is 1. The maximum atomic E-state index is 11.7. The van der Waals surface area contributed by atoms with Crippen molar-refractivity contribution in [1.82, 2.24) is 5.01 Å². The second-order valence-electron chi connectivity index (χ2n) is 3.25. The predicted molar refractivity (Wildman–Crippen MR) is 50.8 cm³/mol. The lowest BCUT2D eigenvalue weighted by Gasteiger charge is -2.29. The zero-order valence-corrected chi connectivity index (χ0v) is 8.77. The van der Waals surface area contributed by atoms with Gasteiger partial charge in [0.25, 0.3) is 0 Å². The van der Waals surface area contributed by atoms with Gasteiger partial charge in [-0.2, -0.15) is 4.76 Å². The number of rotatable bonds is 4. The quantitative estimate of drug-likeness (QED) is 0.240. The molecule has 0 aromatic carbocycles. The second-order valence-corrected chi connectivity index (χ2v) is 3.57. The fourth-order valence-electron chi connectivity index (χ4n) is 1.20. The van der Waals surface area contributed by atoms with E-state index in [0.29, 0.717) is 6.54 Å². The first kappa shape index (κ1) is 11.4. The maximum Gasteiger partial charge on any atom is 0.343 e. The second kappa shape index (κ2) is 4.68. The molecule has 0 saturated heterocycles. The summed E-state index contributed by atoms with van der Waals surface area (Å²) in [5.74, 6) is 0. The van der Waals surface area contributed by atoms with Crippen LogP contribution in [0.15, 0.2) is 10.4 Å². The smallest absolute Gasteiger partial charge is 0.343 e. The van der Waals surface area contributed by atoms with Gasteiger partial charge in [-0.3, -0.25) is 4.79 Å². The fraction of sp³-hybridized carbons (Fsp3) is 0.857. The topological polar surface area (TPSA) is 68.1 Å². The van der Waals surface area contributed by atoms with Gasteiger partial charge in [0.1, 0.15) is 6.54 Å². The minimum Gasteiger partial charge on any atom is -0.602 e. The van der Waals surface area contributed by atoms with Crippen LogP contribution in [0.4, 0.5) is 4.79 Å². The molecule has 0 radical (unpaired) electrons. The summed E-state index contributed by atoms with van der Waals surface area (Å²) in [4.78, 5) is 10.7. The summed E-state index contributed by atoms with van der Waals surface area (Å²) in [7, 11) is 0. The highest BCUT2D eigenvalue weighted by molar-refractivity contribution is 6.62. The normalized spacial score (nSPS) is 25.8. The highest BCUT2D eigenvalue weighted by Gasteiger charge is 2.30. The summed E-state index contributed by atoms with van der Waals surface area (Å²) in [5.41, 5.74) is 0. The Morgan fingerprint density at radius 3 is 2.86 bits per heavy atom. The van der Waals surface area contributed by atoms with E-state index in [1.54, 1.807) is 0 Å². The summed E-state index contributed by atoms with van der Waals surface area (Å²) < 4.78 is -0.821. The Labute approximate surface area is 87.3 Å². The number of carbonyl (C=O) groups excluding carboxylic acids is 1. The molecule has 6 nitrogen and oxygen atoms in total. The molecule has 0 bridgehead atoms. The van der Waals surface area contributed by atoms with Gasteiger partial charge in [0, 0.05) is 0 Å². The third-order valence-electron chi connectivity index (χ3n) is 1.98. The molecule has 0 saturated carbocycles. The molecule has 1 atom stereocenters. The number of hydrogen-bond donors (Lipinski definition) is 0. The molecule has 0 spiro atoms. The first-order valence-electron chi connectivity index (χ1n) is 4.56. The van der Waals surface area contributed by atoms with Crippen molar-refractivity contribution in [3.8, 4) is 0 Å². The number of hydroxylamine groups is 2. The van der Waals surface area contributed by atoms with Crippen molar-refractivity contribution in [2.75, 3.05) is 13.2 Å². The lowest BCUT2D eigenvalue weighted by molar-refractivity contribution is -0.888. The third kappa shape index (κ3) is 2.90.